The van der Waals surface area contributed by atoms with Crippen LogP contribution >= 0.6 is 23.5 Å². The molecule has 6 nitrogen and oxygen atoms in total. The van der Waals surface area contributed by atoms with Crippen LogP contribution < -0.4 is 56.5 Å². The van der Waals surface area contributed by atoms with Gasteiger partial charge >= 0.3 is 51.4 Å². The van der Waals surface area contributed by atoms with Crippen LogP contribution in [0.4, 0.5) is 0 Å². The van der Waals surface area contributed by atoms with Crippen molar-refractivity contribution in [2.45, 2.75) is 18.4 Å². The second-order valence-corrected chi connectivity index (χ2v) is 6.47. The zero-order valence-electron chi connectivity index (χ0n) is 10.5. The van der Waals surface area contributed by atoms with E-state index in [1.807, 2.05) is 0 Å². The molecule has 2 heterocycles. The average Bonchev–Trinajstić information content (AvgIpc) is 2.60. The number of aliphatic carboxylic acids is 1. The molecule has 9 heteroatoms. The molecular weight excluding hydrogens is 317 g/mol. The molecule has 3 atom stereocenters. The number of nitrogens with zero attached hydrogens (tertiary/aromatic N) is 1. The second-order valence-electron chi connectivity index (χ2n) is 3.98. The first-order valence-corrected chi connectivity index (χ1v) is 7.22. The van der Waals surface area contributed by atoms with Crippen LogP contribution in [-0.4, -0.2) is 50.8 Å². The van der Waals surface area contributed by atoms with Gasteiger partial charge in [0.05, 0.1) is 34.5 Å². The van der Waals surface area contributed by atoms with Gasteiger partial charge in [0.15, 0.2) is 0 Å². The van der Waals surface area contributed by atoms with Crippen molar-refractivity contribution in [3.05, 3.63) is 9.93 Å². The van der Waals surface area contributed by atoms with Gasteiger partial charge in [0, 0.05) is 5.75 Å². The van der Waals surface area contributed by atoms with E-state index < -0.39 is 18.0 Å². The van der Waals surface area contributed by atoms with E-state index in [9.17, 15) is 19.8 Å². The maximum atomic E-state index is 11.8. The zero-order chi connectivity index (χ0) is 13.4. The summed E-state index contributed by atoms with van der Waals surface area (Å²) < 4.78 is 0.463. The summed E-state index contributed by atoms with van der Waals surface area (Å²) >= 11 is 2.41. The first-order chi connectivity index (χ1) is 8.49. The fourth-order valence-electron chi connectivity index (χ4n) is 1.98. The van der Waals surface area contributed by atoms with Gasteiger partial charge in [0.2, 0.25) is 5.91 Å². The van der Waals surface area contributed by atoms with Crippen molar-refractivity contribution in [3.63, 3.8) is 0 Å². The number of rotatable bonds is 5. The first kappa shape index (κ1) is 18.0. The van der Waals surface area contributed by atoms with Gasteiger partial charge in [-0.1, -0.05) is 11.8 Å². The molecule has 0 saturated carbocycles. The molecule has 1 amide bonds. The third-order valence-corrected chi connectivity index (χ3v) is 5.42. The molecule has 1 fully saturated rings. The Hall–Kier alpha value is 0.936. The van der Waals surface area contributed by atoms with Crippen molar-refractivity contribution < 1.29 is 76.3 Å². The molecule has 1 saturated heterocycles. The second kappa shape index (κ2) is 7.28. The van der Waals surface area contributed by atoms with Crippen LogP contribution in [0.2, 0.25) is 0 Å². The van der Waals surface area contributed by atoms with Crippen LogP contribution in [0.15, 0.2) is 9.93 Å². The summed E-state index contributed by atoms with van der Waals surface area (Å²) in [4.78, 5) is 24.0. The van der Waals surface area contributed by atoms with E-state index in [-0.39, 0.29) is 75.0 Å². The summed E-state index contributed by atoms with van der Waals surface area (Å²) in [6.45, 7) is 1.44. The van der Waals surface area contributed by atoms with E-state index in [0.29, 0.717) is 9.99 Å². The normalized spacial score (nSPS) is 26.7. The number of aliphatic hydroxyl groups excluding tert-OH is 2. The molecule has 0 aromatic heterocycles. The molecule has 2 aliphatic heterocycles. The van der Waals surface area contributed by atoms with Gasteiger partial charge in [0.1, 0.15) is 5.37 Å². The Bertz CT molecular complexity index is 428. The van der Waals surface area contributed by atoms with E-state index in [4.69, 9.17) is 5.11 Å². The average molecular weight is 329 g/mol. The zero-order valence-corrected chi connectivity index (χ0v) is 15.3. The Balaban J connectivity index is 0.00000180. The molecule has 19 heavy (non-hydrogen) atoms. The molecule has 2 rings (SSSR count). The topological polar surface area (TPSA) is 101 Å². The minimum atomic E-state index is -1.40. The SMILES string of the molecule is CC(O)[C@@H]1C(=O)N2C(C(=O)[O-])=C(SCCO)S[C@H]12.[K+]. The predicted molar refractivity (Wildman–Crippen MR) is 65.0 cm³/mol. The number of fused-ring (bicyclic) bond motifs is 1. The van der Waals surface area contributed by atoms with Gasteiger partial charge in [-0.05, 0) is 6.92 Å². The summed E-state index contributed by atoms with van der Waals surface area (Å²) in [5.74, 6) is -2.01. The van der Waals surface area contributed by atoms with Crippen molar-refractivity contribution in [2.24, 2.45) is 5.92 Å². The smallest absolute Gasteiger partial charge is 0.543 e. The molecule has 100 valence electrons. The minimum Gasteiger partial charge on any atom is -0.543 e. The number of carbonyl (C=O) groups is 2. The van der Waals surface area contributed by atoms with Gasteiger partial charge in [-0.2, -0.15) is 0 Å². The molecule has 0 aromatic carbocycles. The Morgan fingerprint density at radius 1 is 1.63 bits per heavy atom. The molecule has 1 unspecified atom stereocenters. The standard InChI is InChI=1S/C10H13NO5S2.K/c1-4(13)5-7(14)11-6(9(15)16)10(17-3-2-12)18-8(5)11;/h4-5,8,12-13H,2-3H2,1H3,(H,15,16);/q;+1/p-1/t4?,5-,8-;/m1./s1. The quantitative estimate of drug-likeness (QED) is 0.388. The third-order valence-electron chi connectivity index (χ3n) is 2.78. The van der Waals surface area contributed by atoms with Crippen molar-refractivity contribution in [3.8, 4) is 0 Å². The maximum Gasteiger partial charge on any atom is 1.00 e. The van der Waals surface area contributed by atoms with Crippen LogP contribution in [0.5, 0.6) is 0 Å². The Kier molecular flexibility index (Phi) is 6.89. The molecule has 0 bridgehead atoms. The van der Waals surface area contributed by atoms with Crippen LogP contribution in [0.3, 0.4) is 0 Å². The van der Waals surface area contributed by atoms with Gasteiger partial charge in [-0.3, -0.25) is 9.69 Å². The number of hydrogen-bond acceptors (Lipinski definition) is 7. The maximum absolute atomic E-state index is 11.8. The van der Waals surface area contributed by atoms with Gasteiger partial charge in [-0.15, -0.1) is 11.8 Å². The van der Waals surface area contributed by atoms with Crippen LogP contribution in [0.1, 0.15) is 6.92 Å². The number of amides is 1. The Labute approximate surface area is 161 Å². The number of β-lactam (4-membered cyclic amide) rings is 1. The Morgan fingerprint density at radius 2 is 2.26 bits per heavy atom. The van der Waals surface area contributed by atoms with E-state index in [1.165, 1.54) is 30.4 Å². The largest absolute Gasteiger partial charge is 1.00 e. The number of hydrogen-bond donors (Lipinski definition) is 2. The number of carboxylic acid groups (broad SMARTS) is 1. The van der Waals surface area contributed by atoms with Crippen LogP contribution in [0, 0.1) is 5.92 Å². The molecule has 0 spiro atoms. The van der Waals surface area contributed by atoms with E-state index in [0.717, 1.165) is 4.90 Å². The van der Waals surface area contributed by atoms with Crippen LogP contribution in [0.25, 0.3) is 0 Å². The minimum absolute atomic E-state index is 0. The van der Waals surface area contributed by atoms with Gasteiger partial charge < -0.3 is 20.1 Å². The molecule has 0 aromatic rings. The summed E-state index contributed by atoms with van der Waals surface area (Å²) in [5, 5.41) is 28.9. The van der Waals surface area contributed by atoms with Crippen molar-refractivity contribution in [1.82, 2.24) is 4.90 Å². The molecule has 0 aliphatic carbocycles. The monoisotopic (exact) mass is 329 g/mol. The van der Waals surface area contributed by atoms with Crippen molar-refractivity contribution in [2.75, 3.05) is 12.4 Å². The molecule has 0 radical (unpaired) electrons. The van der Waals surface area contributed by atoms with E-state index in [2.05, 4.69) is 0 Å². The summed E-state index contributed by atoms with van der Waals surface area (Å²) in [6.07, 6.45) is -0.809. The fraction of sp³-hybridized carbons (Fsp3) is 0.600. The molecule has 2 N–H and O–H groups in total. The van der Waals surface area contributed by atoms with Crippen molar-refractivity contribution >= 4 is 35.4 Å². The summed E-state index contributed by atoms with van der Waals surface area (Å²) in [5.41, 5.74) is -0.134. The number of aliphatic hydroxyl groups is 2. The van der Waals surface area contributed by atoms with E-state index in [1.54, 1.807) is 0 Å². The van der Waals surface area contributed by atoms with E-state index >= 15 is 0 Å². The van der Waals surface area contributed by atoms with Crippen molar-refractivity contribution in [1.29, 1.82) is 0 Å². The summed E-state index contributed by atoms with van der Waals surface area (Å²) in [7, 11) is 0. The Morgan fingerprint density at radius 3 is 2.74 bits per heavy atom. The number of carboxylic acids is 1. The van der Waals surface area contributed by atoms with Gasteiger partial charge in [0.25, 0.3) is 0 Å². The summed E-state index contributed by atoms with van der Waals surface area (Å²) in [6, 6.07) is 0. The number of thioether (sulfide) groups is 2. The fourth-order valence-corrected chi connectivity index (χ4v) is 4.71. The third kappa shape index (κ3) is 3.24. The van der Waals surface area contributed by atoms with Crippen LogP contribution in [-0.2, 0) is 9.59 Å². The molecular formula is C10H12KNO5S2. The predicted octanol–water partition coefficient (Wildman–Crippen LogP) is -4.45. The first-order valence-electron chi connectivity index (χ1n) is 5.36. The van der Waals surface area contributed by atoms with Gasteiger partial charge in [-0.25, -0.2) is 0 Å². The number of carbonyl (C=O) groups excluding carboxylic acids is 2. The molecule has 2 aliphatic rings.